The molecule has 0 aromatic heterocycles. The van der Waals surface area contributed by atoms with Crippen LogP contribution in [0.4, 0.5) is 0 Å². The Balaban J connectivity index is 2.04. The molecule has 1 atom stereocenters. The number of hydrogen-bond donors (Lipinski definition) is 2. The first-order chi connectivity index (χ1) is 16.1. The van der Waals surface area contributed by atoms with E-state index in [-0.39, 0.29) is 11.7 Å². The number of aromatic hydroxyl groups is 1. The number of carbonyl (C=O) groups excluding carboxylic acids is 2. The van der Waals surface area contributed by atoms with Crippen molar-refractivity contribution in [3.8, 4) is 5.75 Å². The molecule has 0 saturated heterocycles. The third-order valence-electron chi connectivity index (χ3n) is 6.20. The van der Waals surface area contributed by atoms with Gasteiger partial charge < -0.3 is 15.2 Å². The van der Waals surface area contributed by atoms with Gasteiger partial charge in [0.1, 0.15) is 11.8 Å². The minimum absolute atomic E-state index is 0.112. The van der Waals surface area contributed by atoms with E-state index in [2.05, 4.69) is 12.2 Å². The lowest BCUT2D eigenvalue weighted by molar-refractivity contribution is -0.145. The molecule has 2 N–H and O–H groups in total. The largest absolute Gasteiger partial charge is 0.508 e. The number of phenols is 1. The predicted molar refractivity (Wildman–Crippen MR) is 135 cm³/mol. The average molecular weight is 462 g/mol. The Hall–Kier alpha value is -2.04. The number of methoxy groups -OCH3 is 1. The number of unbranched alkanes of at least 4 members (excludes halogenated alkanes) is 14. The minimum atomic E-state index is -0.705. The Morgan fingerprint density at radius 2 is 1.24 bits per heavy atom. The maximum atomic E-state index is 12.3. The molecule has 1 rings (SSSR count). The van der Waals surface area contributed by atoms with Gasteiger partial charge in [-0.05, 0) is 24.1 Å². The van der Waals surface area contributed by atoms with Crippen molar-refractivity contribution < 1.29 is 19.4 Å². The van der Waals surface area contributed by atoms with E-state index in [1.807, 2.05) is 0 Å². The van der Waals surface area contributed by atoms with E-state index < -0.39 is 12.0 Å². The van der Waals surface area contributed by atoms with Gasteiger partial charge in [0.05, 0.1) is 7.11 Å². The summed E-state index contributed by atoms with van der Waals surface area (Å²) in [5, 5.41) is 12.2. The van der Waals surface area contributed by atoms with Gasteiger partial charge in [-0.1, -0.05) is 109 Å². The van der Waals surface area contributed by atoms with Crippen LogP contribution in [-0.2, 0) is 20.7 Å². The van der Waals surface area contributed by atoms with Crippen LogP contribution in [0.5, 0.6) is 5.75 Å². The average Bonchev–Trinajstić information content (AvgIpc) is 2.82. The summed E-state index contributed by atoms with van der Waals surface area (Å²) in [6.07, 6.45) is 20.1. The summed E-state index contributed by atoms with van der Waals surface area (Å²) < 4.78 is 4.84. The van der Waals surface area contributed by atoms with Gasteiger partial charge in [0, 0.05) is 12.8 Å². The van der Waals surface area contributed by atoms with E-state index in [0.717, 1.165) is 18.4 Å². The Bertz CT molecular complexity index is 629. The molecule has 5 nitrogen and oxygen atoms in total. The molecule has 1 amide bonds. The molecule has 1 aromatic rings. The SMILES string of the molecule is CCCCCCCCCCCCCCCCCC(=O)NC(Cc1ccc(O)cc1)C(=O)OC. The Kier molecular flexibility index (Phi) is 17.1. The molecule has 5 heteroatoms. The number of amides is 1. The summed E-state index contributed by atoms with van der Waals surface area (Å²) in [4.78, 5) is 24.3. The number of carbonyl (C=O) groups is 2. The van der Waals surface area contributed by atoms with Crippen molar-refractivity contribution in [2.75, 3.05) is 7.11 Å². The van der Waals surface area contributed by atoms with Crippen LogP contribution in [0.25, 0.3) is 0 Å². The fraction of sp³-hybridized carbons (Fsp3) is 0.714. The van der Waals surface area contributed by atoms with Gasteiger partial charge in [-0.25, -0.2) is 4.79 Å². The van der Waals surface area contributed by atoms with Crippen molar-refractivity contribution >= 4 is 11.9 Å². The van der Waals surface area contributed by atoms with E-state index in [0.29, 0.717) is 12.8 Å². The molecule has 0 saturated carbocycles. The van der Waals surface area contributed by atoms with Gasteiger partial charge in [-0.3, -0.25) is 4.79 Å². The van der Waals surface area contributed by atoms with Crippen LogP contribution >= 0.6 is 0 Å². The molecule has 0 aliphatic heterocycles. The topological polar surface area (TPSA) is 75.6 Å². The Labute approximate surface area is 201 Å². The first kappa shape index (κ1) is 29.0. The molecule has 1 aromatic carbocycles. The number of rotatable bonds is 20. The van der Waals surface area contributed by atoms with Crippen molar-refractivity contribution in [1.82, 2.24) is 5.32 Å². The summed E-state index contributed by atoms with van der Waals surface area (Å²) >= 11 is 0. The zero-order valence-electron chi connectivity index (χ0n) is 21.1. The molecule has 0 aliphatic carbocycles. The monoisotopic (exact) mass is 461 g/mol. The molecular weight excluding hydrogens is 414 g/mol. The summed E-state index contributed by atoms with van der Waals surface area (Å²) in [6.45, 7) is 2.27. The number of benzene rings is 1. The molecule has 0 heterocycles. The molecular formula is C28H47NO4. The zero-order valence-corrected chi connectivity index (χ0v) is 21.1. The fourth-order valence-electron chi connectivity index (χ4n) is 4.13. The molecule has 1 unspecified atom stereocenters. The standard InChI is InChI=1S/C28H47NO4/c1-3-4-5-6-7-8-9-10-11-12-13-14-15-16-17-18-27(31)29-26(28(32)33-2)23-24-19-21-25(30)22-20-24/h19-22,26,30H,3-18,23H2,1-2H3,(H,29,31). The lowest BCUT2D eigenvalue weighted by atomic mass is 10.0. The highest BCUT2D eigenvalue weighted by Gasteiger charge is 2.21. The highest BCUT2D eigenvalue weighted by Crippen LogP contribution is 2.14. The van der Waals surface area contributed by atoms with Crippen molar-refractivity contribution in [2.45, 2.75) is 122 Å². The summed E-state index contributed by atoms with van der Waals surface area (Å²) in [7, 11) is 1.33. The molecule has 33 heavy (non-hydrogen) atoms. The molecule has 0 spiro atoms. The van der Waals surface area contributed by atoms with Gasteiger partial charge in [-0.2, -0.15) is 0 Å². The van der Waals surface area contributed by atoms with Crippen LogP contribution in [0.15, 0.2) is 24.3 Å². The van der Waals surface area contributed by atoms with Gasteiger partial charge in [0.25, 0.3) is 0 Å². The number of nitrogens with one attached hydrogen (secondary N) is 1. The maximum absolute atomic E-state index is 12.3. The second-order valence-electron chi connectivity index (χ2n) is 9.21. The maximum Gasteiger partial charge on any atom is 0.328 e. The highest BCUT2D eigenvalue weighted by molar-refractivity contribution is 5.84. The van der Waals surface area contributed by atoms with Crippen LogP contribution in [-0.4, -0.2) is 30.1 Å². The van der Waals surface area contributed by atoms with Gasteiger partial charge in [0.15, 0.2) is 0 Å². The van der Waals surface area contributed by atoms with E-state index in [9.17, 15) is 14.7 Å². The van der Waals surface area contributed by atoms with E-state index in [1.165, 1.54) is 90.6 Å². The van der Waals surface area contributed by atoms with Crippen molar-refractivity contribution in [1.29, 1.82) is 0 Å². The van der Waals surface area contributed by atoms with E-state index >= 15 is 0 Å². The lowest BCUT2D eigenvalue weighted by Gasteiger charge is -2.16. The Morgan fingerprint density at radius 1 is 0.788 bits per heavy atom. The van der Waals surface area contributed by atoms with Crippen molar-refractivity contribution in [3.05, 3.63) is 29.8 Å². The smallest absolute Gasteiger partial charge is 0.328 e. The van der Waals surface area contributed by atoms with Crippen LogP contribution in [0.3, 0.4) is 0 Å². The molecule has 0 bridgehead atoms. The van der Waals surface area contributed by atoms with E-state index in [4.69, 9.17) is 4.74 Å². The van der Waals surface area contributed by atoms with Crippen molar-refractivity contribution in [2.24, 2.45) is 0 Å². The second-order valence-corrected chi connectivity index (χ2v) is 9.21. The predicted octanol–water partition coefficient (Wildman–Crippen LogP) is 6.85. The van der Waals surface area contributed by atoms with E-state index in [1.54, 1.807) is 24.3 Å². The fourth-order valence-corrected chi connectivity index (χ4v) is 4.13. The molecule has 0 fully saturated rings. The summed E-state index contributed by atoms with van der Waals surface area (Å²) in [6, 6.07) is 5.92. The number of hydrogen-bond acceptors (Lipinski definition) is 4. The number of phenolic OH excluding ortho intramolecular Hbond substituents is 1. The van der Waals surface area contributed by atoms with Crippen LogP contribution < -0.4 is 5.32 Å². The molecule has 0 radical (unpaired) electrons. The normalized spacial score (nSPS) is 11.8. The number of esters is 1. The number of ether oxygens (including phenoxy) is 1. The summed E-state index contributed by atoms with van der Waals surface area (Å²) in [5.41, 5.74) is 0.857. The van der Waals surface area contributed by atoms with Crippen LogP contribution in [0, 0.1) is 0 Å². The van der Waals surface area contributed by atoms with Crippen LogP contribution in [0.1, 0.15) is 115 Å². The molecule has 0 aliphatic rings. The third-order valence-corrected chi connectivity index (χ3v) is 6.20. The first-order valence-corrected chi connectivity index (χ1v) is 13.2. The molecule has 188 valence electrons. The third kappa shape index (κ3) is 15.4. The van der Waals surface area contributed by atoms with Gasteiger partial charge in [-0.15, -0.1) is 0 Å². The summed E-state index contributed by atoms with van der Waals surface area (Å²) in [5.74, 6) is -0.391. The minimum Gasteiger partial charge on any atom is -0.508 e. The first-order valence-electron chi connectivity index (χ1n) is 13.2. The lowest BCUT2D eigenvalue weighted by Crippen LogP contribution is -2.43. The zero-order chi connectivity index (χ0) is 24.2. The second kappa shape index (κ2) is 19.4. The van der Waals surface area contributed by atoms with Gasteiger partial charge in [0.2, 0.25) is 5.91 Å². The van der Waals surface area contributed by atoms with Crippen LogP contribution in [0.2, 0.25) is 0 Å². The Morgan fingerprint density at radius 3 is 1.70 bits per heavy atom. The quantitative estimate of drug-likeness (QED) is 0.164. The van der Waals surface area contributed by atoms with Gasteiger partial charge >= 0.3 is 5.97 Å². The highest BCUT2D eigenvalue weighted by atomic mass is 16.5. The van der Waals surface area contributed by atoms with Crippen molar-refractivity contribution in [3.63, 3.8) is 0 Å².